The maximum Gasteiger partial charge on any atom is 0.331 e. The summed E-state index contributed by atoms with van der Waals surface area (Å²) in [4.78, 5) is 73.8. The number of carbonyl (C=O) groups excluding carboxylic acids is 6. The first kappa shape index (κ1) is 40.1. The molecule has 6 rings (SSSR count). The van der Waals surface area contributed by atoms with Crippen LogP contribution in [0.5, 0.6) is 0 Å². The lowest BCUT2D eigenvalue weighted by atomic mass is 9.42. The smallest absolute Gasteiger partial charge is 0.331 e. The fraction of sp³-hybridized carbons (Fsp3) is 0.795. The fourth-order valence-electron chi connectivity index (χ4n) is 11.4. The van der Waals surface area contributed by atoms with Gasteiger partial charge >= 0.3 is 35.8 Å². The minimum absolute atomic E-state index is 0.0485. The van der Waals surface area contributed by atoms with Gasteiger partial charge in [-0.15, -0.1) is 0 Å². The first-order valence-electron chi connectivity index (χ1n) is 19.1. The summed E-state index contributed by atoms with van der Waals surface area (Å²) >= 11 is 0. The largest absolute Gasteiger partial charge is 0.465 e. The predicted molar refractivity (Wildman–Crippen MR) is 183 cm³/mol. The Hall–Kier alpha value is -3.56. The second kappa shape index (κ2) is 15.2. The molecule has 6 aliphatic rings. The average Bonchev–Trinajstić information content (AvgIpc) is 3.62. The van der Waals surface area contributed by atoms with E-state index in [-0.39, 0.29) is 42.9 Å². The summed E-state index contributed by atoms with van der Waals surface area (Å²) in [5.74, 6) is -4.12. The summed E-state index contributed by atoms with van der Waals surface area (Å²) in [6, 6.07) is 0. The van der Waals surface area contributed by atoms with Gasteiger partial charge in [0.2, 0.25) is 0 Å². The maximum absolute atomic E-state index is 12.9. The van der Waals surface area contributed by atoms with Crippen LogP contribution in [0.25, 0.3) is 0 Å². The molecule has 1 N–H and O–H groups in total. The molecule has 2 heterocycles. The summed E-state index contributed by atoms with van der Waals surface area (Å²) in [6.07, 6.45) is -1.03. The summed E-state index contributed by atoms with van der Waals surface area (Å²) in [6.45, 7) is 10.3. The van der Waals surface area contributed by atoms with Crippen molar-refractivity contribution in [3.8, 4) is 0 Å². The third kappa shape index (κ3) is 7.27. The molecule has 2 aliphatic heterocycles. The number of esters is 6. The molecule has 0 bridgehead atoms. The van der Waals surface area contributed by atoms with Gasteiger partial charge in [-0.3, -0.25) is 24.0 Å². The molecule has 1 saturated heterocycles. The monoisotopic (exact) mass is 762 g/mol. The van der Waals surface area contributed by atoms with E-state index in [2.05, 4.69) is 6.92 Å². The zero-order valence-corrected chi connectivity index (χ0v) is 32.2. The van der Waals surface area contributed by atoms with E-state index in [1.54, 1.807) is 13.0 Å². The third-order valence-corrected chi connectivity index (χ3v) is 13.5. The number of hydrogen-bond donors (Lipinski definition) is 1. The van der Waals surface area contributed by atoms with Crippen LogP contribution in [-0.2, 0) is 66.7 Å². The van der Waals surface area contributed by atoms with Crippen LogP contribution < -0.4 is 0 Å². The van der Waals surface area contributed by atoms with Gasteiger partial charge in [0.1, 0.15) is 12.7 Å². The van der Waals surface area contributed by atoms with Crippen molar-refractivity contribution in [2.75, 3.05) is 13.2 Å². The lowest BCUT2D eigenvalue weighted by molar-refractivity contribution is -0.318. The predicted octanol–water partition coefficient (Wildman–Crippen LogP) is 3.25. The van der Waals surface area contributed by atoms with Crippen LogP contribution in [0.2, 0.25) is 0 Å². The van der Waals surface area contributed by atoms with E-state index in [9.17, 15) is 33.9 Å². The van der Waals surface area contributed by atoms with Crippen molar-refractivity contribution in [2.24, 2.45) is 34.5 Å². The Morgan fingerprint density at radius 2 is 1.43 bits per heavy atom. The lowest BCUT2D eigenvalue weighted by Gasteiger charge is -2.65. The molecule has 0 amide bonds. The van der Waals surface area contributed by atoms with Gasteiger partial charge in [-0.05, 0) is 81.6 Å². The summed E-state index contributed by atoms with van der Waals surface area (Å²) in [7, 11) is 0. The van der Waals surface area contributed by atoms with Crippen LogP contribution in [0, 0.1) is 34.5 Å². The van der Waals surface area contributed by atoms with E-state index in [0.29, 0.717) is 44.9 Å². The highest BCUT2D eigenvalue weighted by atomic mass is 16.7. The Balaban J connectivity index is 1.32. The van der Waals surface area contributed by atoms with Gasteiger partial charge in [-0.25, -0.2) is 4.79 Å². The number of ether oxygens (including phenoxy) is 8. The van der Waals surface area contributed by atoms with Gasteiger partial charge < -0.3 is 43.0 Å². The molecule has 15 nitrogen and oxygen atoms in total. The minimum Gasteiger partial charge on any atom is -0.465 e. The first-order valence-corrected chi connectivity index (χ1v) is 19.1. The molecule has 0 aromatic heterocycles. The molecular formula is C39H54O15. The summed E-state index contributed by atoms with van der Waals surface area (Å²) < 4.78 is 46.7. The van der Waals surface area contributed by atoms with E-state index in [0.717, 1.165) is 12.0 Å². The topological polar surface area (TPSA) is 196 Å². The first-order chi connectivity index (χ1) is 25.4. The van der Waals surface area contributed by atoms with Crippen LogP contribution in [0.1, 0.15) is 99.8 Å². The van der Waals surface area contributed by atoms with E-state index < -0.39 is 89.2 Å². The zero-order valence-electron chi connectivity index (χ0n) is 32.2. The highest BCUT2D eigenvalue weighted by molar-refractivity contribution is 5.85. The Morgan fingerprint density at radius 3 is 2.04 bits per heavy atom. The molecule has 11 unspecified atom stereocenters. The molecule has 4 aliphatic carbocycles. The zero-order chi connectivity index (χ0) is 39.3. The number of aliphatic hydroxyl groups is 1. The molecule has 14 atom stereocenters. The molecule has 300 valence electrons. The molecule has 54 heavy (non-hydrogen) atoms. The summed E-state index contributed by atoms with van der Waals surface area (Å²) in [5, 5.41) is 12.9. The molecule has 15 heteroatoms. The van der Waals surface area contributed by atoms with E-state index in [1.165, 1.54) is 34.6 Å². The van der Waals surface area contributed by atoms with Crippen molar-refractivity contribution >= 4 is 35.8 Å². The molecule has 0 aromatic rings. The van der Waals surface area contributed by atoms with Gasteiger partial charge in [0, 0.05) is 57.4 Å². The Bertz CT molecular complexity index is 1560. The van der Waals surface area contributed by atoms with Gasteiger partial charge in [0.15, 0.2) is 24.6 Å². The Labute approximate surface area is 315 Å². The van der Waals surface area contributed by atoms with Crippen LogP contribution in [0.15, 0.2) is 11.6 Å². The van der Waals surface area contributed by atoms with Gasteiger partial charge in [-0.2, -0.15) is 0 Å². The minimum atomic E-state index is -1.28. The molecular weight excluding hydrogens is 708 g/mol. The van der Waals surface area contributed by atoms with Crippen LogP contribution >= 0.6 is 0 Å². The number of hydrogen-bond acceptors (Lipinski definition) is 15. The normalized spacial score (nSPS) is 42.6. The van der Waals surface area contributed by atoms with Gasteiger partial charge in [-0.1, -0.05) is 6.92 Å². The molecule has 0 aromatic carbocycles. The van der Waals surface area contributed by atoms with Crippen molar-refractivity contribution in [3.63, 3.8) is 0 Å². The molecule has 0 spiro atoms. The molecule has 4 saturated carbocycles. The molecule has 5 fully saturated rings. The average molecular weight is 763 g/mol. The second-order valence-corrected chi connectivity index (χ2v) is 16.5. The number of fused-ring (bicyclic) bond motifs is 5. The number of rotatable bonds is 9. The SMILES string of the molecule is CC(=O)OCC12CCC(OC3OC(C)[C@@H](OC(C)=O)[C@@H](OC(C)=O)[C@H]3OC(C)=O)CC1C(OC(C)=O)CC1C2CCC2(C)C(C3=CC(=O)OC3)CCC12O. The van der Waals surface area contributed by atoms with Gasteiger partial charge in [0.05, 0.1) is 24.4 Å². The highest BCUT2D eigenvalue weighted by Gasteiger charge is 2.71. The maximum atomic E-state index is 12.9. The van der Waals surface area contributed by atoms with Crippen LogP contribution in [0.4, 0.5) is 0 Å². The van der Waals surface area contributed by atoms with Crippen LogP contribution in [0.3, 0.4) is 0 Å². The third-order valence-electron chi connectivity index (χ3n) is 13.5. The van der Waals surface area contributed by atoms with E-state index in [4.69, 9.17) is 37.9 Å². The second-order valence-electron chi connectivity index (χ2n) is 16.5. The van der Waals surface area contributed by atoms with E-state index in [1.807, 2.05) is 0 Å². The van der Waals surface area contributed by atoms with Crippen LogP contribution in [-0.4, -0.2) is 103 Å². The van der Waals surface area contributed by atoms with E-state index >= 15 is 0 Å². The standard InChI is InChI=1S/C39H54O15/c1-19-33(51-22(4)42)34(52-23(5)43)35(53-24(6)44)36(49-19)54-26-8-12-38(18-48-20(2)40)28-9-11-37(7)27(25-14-32(45)47-17-25)10-13-39(37,46)29(28)16-31(30(38)15-26)50-21(3)41/h14,19,26-31,33-36,46H,8-13,15-18H2,1-7H3/t19?,26?,27?,28?,29?,30?,31?,33-,34-,35-,36?,37?,38?,39?/m1/s1. The van der Waals surface area contributed by atoms with Crippen molar-refractivity contribution < 1.29 is 71.8 Å². The van der Waals surface area contributed by atoms with Crippen molar-refractivity contribution in [1.29, 1.82) is 0 Å². The Kier molecular flexibility index (Phi) is 11.3. The van der Waals surface area contributed by atoms with Crippen molar-refractivity contribution in [1.82, 2.24) is 0 Å². The van der Waals surface area contributed by atoms with Crippen molar-refractivity contribution in [2.45, 2.75) is 148 Å². The number of carbonyl (C=O) groups is 6. The highest BCUT2D eigenvalue weighted by Crippen LogP contribution is 2.70. The fourth-order valence-corrected chi connectivity index (χ4v) is 11.4. The quantitative estimate of drug-likeness (QED) is 0.204. The molecule has 0 radical (unpaired) electrons. The lowest BCUT2D eigenvalue weighted by Crippen LogP contribution is -2.67. The summed E-state index contributed by atoms with van der Waals surface area (Å²) in [5.41, 5.74) is -1.50. The van der Waals surface area contributed by atoms with Crippen molar-refractivity contribution in [3.05, 3.63) is 11.6 Å². The number of cyclic esters (lactones) is 1. The van der Waals surface area contributed by atoms with Gasteiger partial charge in [0.25, 0.3) is 0 Å². The Morgan fingerprint density at radius 1 is 0.778 bits per heavy atom.